The van der Waals surface area contributed by atoms with Crippen LogP contribution < -0.4 is 10.2 Å². The van der Waals surface area contributed by atoms with Crippen LogP contribution in [0.5, 0.6) is 5.75 Å². The molecule has 1 amide bonds. The average molecular weight is 313 g/mol. The van der Waals surface area contributed by atoms with Crippen molar-refractivity contribution in [2.75, 3.05) is 11.5 Å². The first-order valence-electron chi connectivity index (χ1n) is 6.89. The maximum atomic E-state index is 11.8. The van der Waals surface area contributed by atoms with Crippen molar-refractivity contribution >= 4 is 23.9 Å². The summed E-state index contributed by atoms with van der Waals surface area (Å²) in [5.41, 5.74) is 3.88. The van der Waals surface area contributed by atoms with E-state index in [-0.39, 0.29) is 5.91 Å². The van der Waals surface area contributed by atoms with E-state index in [0.29, 0.717) is 11.7 Å². The molecule has 0 atom stereocenters. The lowest BCUT2D eigenvalue weighted by molar-refractivity contribution is 0.0955. The minimum absolute atomic E-state index is 0.266. The summed E-state index contributed by atoms with van der Waals surface area (Å²) in [6, 6.07) is 10.9. The van der Waals surface area contributed by atoms with Crippen molar-refractivity contribution in [1.29, 1.82) is 0 Å². The summed E-state index contributed by atoms with van der Waals surface area (Å²) in [6.07, 6.45) is 5.04. The van der Waals surface area contributed by atoms with Gasteiger partial charge < -0.3 is 4.74 Å². The van der Waals surface area contributed by atoms with Crippen LogP contribution in [0.2, 0.25) is 0 Å². The number of benzene rings is 1. The van der Waals surface area contributed by atoms with E-state index in [4.69, 9.17) is 4.74 Å². The van der Waals surface area contributed by atoms with Crippen LogP contribution in [0.4, 0.5) is 0 Å². The van der Waals surface area contributed by atoms with E-state index in [1.54, 1.807) is 30.7 Å². The van der Waals surface area contributed by atoms with E-state index >= 15 is 0 Å². The molecule has 0 spiro atoms. The Morgan fingerprint density at radius 3 is 2.86 bits per heavy atom. The molecule has 1 aliphatic rings. The van der Waals surface area contributed by atoms with E-state index in [2.05, 4.69) is 15.5 Å². The zero-order valence-corrected chi connectivity index (χ0v) is 12.6. The Balaban J connectivity index is 1.58. The van der Waals surface area contributed by atoms with Crippen LogP contribution in [0.1, 0.15) is 15.9 Å². The molecule has 1 N–H and O–H groups in total. The highest BCUT2D eigenvalue weighted by molar-refractivity contribution is 8.00. The fourth-order valence-electron chi connectivity index (χ4n) is 1.88. The minimum atomic E-state index is -0.266. The first-order valence-corrected chi connectivity index (χ1v) is 8.04. The molecule has 0 radical (unpaired) electrons. The quantitative estimate of drug-likeness (QED) is 0.680. The molecule has 1 fully saturated rings. The summed E-state index contributed by atoms with van der Waals surface area (Å²) >= 11 is 1.88. The molecular formula is C16H15N3O2S. The van der Waals surface area contributed by atoms with E-state index in [1.165, 1.54) is 0 Å². The predicted octanol–water partition coefficient (Wildman–Crippen LogP) is 2.34. The summed E-state index contributed by atoms with van der Waals surface area (Å²) in [7, 11) is 0. The van der Waals surface area contributed by atoms with Gasteiger partial charge in [-0.3, -0.25) is 9.78 Å². The third-order valence-electron chi connectivity index (χ3n) is 3.09. The van der Waals surface area contributed by atoms with Gasteiger partial charge in [-0.2, -0.15) is 16.9 Å². The molecule has 0 unspecified atom stereocenters. The lowest BCUT2D eigenvalue weighted by Crippen LogP contribution is -2.31. The van der Waals surface area contributed by atoms with Crippen molar-refractivity contribution in [1.82, 2.24) is 10.4 Å². The SMILES string of the molecule is O=C(NN=Cc1cccc(OC2CSC2)c1)c1ccncc1. The van der Waals surface area contributed by atoms with E-state index in [1.807, 2.05) is 36.0 Å². The molecule has 3 rings (SSSR count). The van der Waals surface area contributed by atoms with Crippen LogP contribution in [-0.4, -0.2) is 34.7 Å². The molecule has 5 nitrogen and oxygen atoms in total. The third kappa shape index (κ3) is 3.85. The van der Waals surface area contributed by atoms with Crippen molar-refractivity contribution in [2.24, 2.45) is 5.10 Å². The molecule has 1 aromatic heterocycles. The molecule has 0 bridgehead atoms. The summed E-state index contributed by atoms with van der Waals surface area (Å²) in [4.78, 5) is 15.7. The van der Waals surface area contributed by atoms with Crippen LogP contribution in [0.15, 0.2) is 53.9 Å². The van der Waals surface area contributed by atoms with Crippen LogP contribution in [0, 0.1) is 0 Å². The molecule has 1 aromatic carbocycles. The number of nitrogens with one attached hydrogen (secondary N) is 1. The fraction of sp³-hybridized carbons (Fsp3) is 0.188. The number of carbonyl (C=O) groups excluding carboxylic acids is 1. The van der Waals surface area contributed by atoms with E-state index in [0.717, 1.165) is 22.8 Å². The Morgan fingerprint density at radius 2 is 2.14 bits per heavy atom. The summed E-state index contributed by atoms with van der Waals surface area (Å²) in [5, 5.41) is 3.97. The molecule has 2 aromatic rings. The second kappa shape index (κ2) is 7.09. The second-order valence-electron chi connectivity index (χ2n) is 4.78. The minimum Gasteiger partial charge on any atom is -0.489 e. The highest BCUT2D eigenvalue weighted by atomic mass is 32.2. The van der Waals surface area contributed by atoms with Gasteiger partial charge in [-0.05, 0) is 29.8 Å². The normalized spacial score (nSPS) is 14.5. The number of amides is 1. The molecule has 112 valence electrons. The molecular weight excluding hydrogens is 298 g/mol. The Hall–Kier alpha value is -2.34. The Kier molecular flexibility index (Phi) is 4.70. The van der Waals surface area contributed by atoms with Gasteiger partial charge in [0, 0.05) is 29.5 Å². The predicted molar refractivity (Wildman–Crippen MR) is 87.5 cm³/mol. The zero-order valence-electron chi connectivity index (χ0n) is 11.8. The highest BCUT2D eigenvalue weighted by Gasteiger charge is 2.19. The lowest BCUT2D eigenvalue weighted by Gasteiger charge is -2.25. The third-order valence-corrected chi connectivity index (χ3v) is 4.31. The Bertz CT molecular complexity index is 672. The number of aromatic nitrogens is 1. The van der Waals surface area contributed by atoms with Gasteiger partial charge in [0.2, 0.25) is 0 Å². The topological polar surface area (TPSA) is 63.6 Å². The molecule has 6 heteroatoms. The summed E-state index contributed by atoms with van der Waals surface area (Å²) in [5.74, 6) is 2.65. The molecule has 1 aliphatic heterocycles. The van der Waals surface area contributed by atoms with Gasteiger partial charge in [-0.15, -0.1) is 0 Å². The fourth-order valence-corrected chi connectivity index (χ4v) is 2.44. The van der Waals surface area contributed by atoms with E-state index < -0.39 is 0 Å². The summed E-state index contributed by atoms with van der Waals surface area (Å²) < 4.78 is 5.81. The standard InChI is InChI=1S/C16H15N3O2S/c20-16(13-4-6-17-7-5-13)19-18-9-12-2-1-3-14(8-12)21-15-10-22-11-15/h1-9,15H,10-11H2,(H,19,20). The monoisotopic (exact) mass is 313 g/mol. The van der Waals surface area contributed by atoms with E-state index in [9.17, 15) is 4.79 Å². The van der Waals surface area contributed by atoms with Gasteiger partial charge in [-0.25, -0.2) is 5.43 Å². The molecule has 0 aliphatic carbocycles. The van der Waals surface area contributed by atoms with Crippen molar-refractivity contribution in [2.45, 2.75) is 6.10 Å². The van der Waals surface area contributed by atoms with Crippen LogP contribution in [-0.2, 0) is 0 Å². The zero-order chi connectivity index (χ0) is 15.2. The maximum absolute atomic E-state index is 11.8. The van der Waals surface area contributed by atoms with Gasteiger partial charge in [0.05, 0.1) is 6.21 Å². The number of hydrogen-bond acceptors (Lipinski definition) is 5. The van der Waals surface area contributed by atoms with Gasteiger partial charge in [0.1, 0.15) is 11.9 Å². The molecule has 2 heterocycles. The number of ether oxygens (including phenoxy) is 1. The Morgan fingerprint density at radius 1 is 1.32 bits per heavy atom. The number of thioether (sulfide) groups is 1. The van der Waals surface area contributed by atoms with Crippen LogP contribution in [0.3, 0.4) is 0 Å². The Labute approximate surface area is 132 Å². The number of carbonyl (C=O) groups is 1. The van der Waals surface area contributed by atoms with Crippen molar-refractivity contribution < 1.29 is 9.53 Å². The number of hydrazone groups is 1. The smallest absolute Gasteiger partial charge is 0.271 e. The first kappa shape index (κ1) is 14.6. The maximum Gasteiger partial charge on any atom is 0.271 e. The number of rotatable bonds is 5. The summed E-state index contributed by atoms with van der Waals surface area (Å²) in [6.45, 7) is 0. The second-order valence-corrected chi connectivity index (χ2v) is 5.86. The van der Waals surface area contributed by atoms with Gasteiger partial charge in [0.15, 0.2) is 0 Å². The van der Waals surface area contributed by atoms with Gasteiger partial charge in [-0.1, -0.05) is 12.1 Å². The lowest BCUT2D eigenvalue weighted by atomic mass is 10.2. The number of hydrogen-bond donors (Lipinski definition) is 1. The molecule has 22 heavy (non-hydrogen) atoms. The van der Waals surface area contributed by atoms with Crippen LogP contribution >= 0.6 is 11.8 Å². The van der Waals surface area contributed by atoms with Gasteiger partial charge in [0.25, 0.3) is 5.91 Å². The van der Waals surface area contributed by atoms with Crippen molar-refractivity contribution in [3.05, 3.63) is 59.9 Å². The largest absolute Gasteiger partial charge is 0.489 e. The molecule has 0 saturated carbocycles. The average Bonchev–Trinajstić information content (AvgIpc) is 2.52. The van der Waals surface area contributed by atoms with Crippen molar-refractivity contribution in [3.63, 3.8) is 0 Å². The first-order chi connectivity index (χ1) is 10.8. The molecule has 1 saturated heterocycles. The van der Waals surface area contributed by atoms with Crippen LogP contribution in [0.25, 0.3) is 0 Å². The van der Waals surface area contributed by atoms with Gasteiger partial charge >= 0.3 is 0 Å². The van der Waals surface area contributed by atoms with Crippen molar-refractivity contribution in [3.8, 4) is 5.75 Å². The number of nitrogens with zero attached hydrogens (tertiary/aromatic N) is 2. The highest BCUT2D eigenvalue weighted by Crippen LogP contribution is 2.24. The number of pyridine rings is 1.